The van der Waals surface area contributed by atoms with Gasteiger partial charge in [-0.1, -0.05) is 48.5 Å². The average molecular weight is 346 g/mol. The lowest BCUT2D eigenvalue weighted by Gasteiger charge is -2.27. The third-order valence-electron chi connectivity index (χ3n) is 4.30. The zero-order valence-corrected chi connectivity index (χ0v) is 14.3. The predicted molar refractivity (Wildman–Crippen MR) is 100 cm³/mol. The Morgan fingerprint density at radius 1 is 0.808 bits per heavy atom. The first-order valence-electron chi connectivity index (χ1n) is 8.32. The zero-order chi connectivity index (χ0) is 17.9. The summed E-state index contributed by atoms with van der Waals surface area (Å²) in [7, 11) is 1.63. The lowest BCUT2D eigenvalue weighted by molar-refractivity contribution is 0.164. The molecule has 1 fully saturated rings. The second-order valence-electron chi connectivity index (χ2n) is 5.87. The molecule has 1 amide bonds. The molecule has 0 aliphatic carbocycles. The number of rotatable bonds is 4. The first-order valence-corrected chi connectivity index (χ1v) is 8.32. The minimum atomic E-state index is -0.418. The normalized spacial score (nSPS) is 16.5. The fraction of sp³-hybridized carbons (Fsp3) is 0.0952. The summed E-state index contributed by atoms with van der Waals surface area (Å²) in [5.74, 6) is 0.761. The van der Waals surface area contributed by atoms with E-state index in [2.05, 4.69) is 0 Å². The maximum absolute atomic E-state index is 12.7. The molecular weight excluding hydrogens is 328 g/mol. The van der Waals surface area contributed by atoms with Gasteiger partial charge in [0.25, 0.3) is 0 Å². The highest BCUT2D eigenvalue weighted by Crippen LogP contribution is 2.39. The lowest BCUT2D eigenvalue weighted by Crippen LogP contribution is -2.31. The Morgan fingerprint density at radius 3 is 1.96 bits per heavy atom. The number of nitrogens with zero attached hydrogens (tertiary/aromatic N) is 2. The van der Waals surface area contributed by atoms with E-state index < -0.39 is 12.3 Å². The SMILES string of the molecule is COc1ccc([C@@H]2N(c3ccccc3)OC(=O)N2c2ccccc2)cc1. The predicted octanol–water partition coefficient (Wildman–Crippen LogP) is 4.77. The summed E-state index contributed by atoms with van der Waals surface area (Å²) >= 11 is 0. The summed E-state index contributed by atoms with van der Waals surface area (Å²) in [6.07, 6.45) is -0.834. The molecule has 1 aliphatic heterocycles. The molecule has 0 spiro atoms. The monoisotopic (exact) mass is 346 g/mol. The van der Waals surface area contributed by atoms with Crippen molar-refractivity contribution in [3.05, 3.63) is 90.5 Å². The van der Waals surface area contributed by atoms with Gasteiger partial charge in [0, 0.05) is 5.69 Å². The molecule has 5 heteroatoms. The lowest BCUT2D eigenvalue weighted by atomic mass is 10.1. The first kappa shape index (κ1) is 16.0. The van der Waals surface area contributed by atoms with Crippen molar-refractivity contribution in [2.24, 2.45) is 0 Å². The number of carbonyl (C=O) groups excluding carboxylic acids is 1. The van der Waals surface area contributed by atoms with Crippen LogP contribution in [-0.2, 0) is 4.84 Å². The van der Waals surface area contributed by atoms with E-state index in [-0.39, 0.29) is 0 Å². The van der Waals surface area contributed by atoms with Crippen LogP contribution < -0.4 is 14.7 Å². The van der Waals surface area contributed by atoms with Gasteiger partial charge in [-0.25, -0.2) is 9.69 Å². The number of hydroxylamine groups is 1. The minimum Gasteiger partial charge on any atom is -0.497 e. The van der Waals surface area contributed by atoms with Crippen LogP contribution in [0.25, 0.3) is 0 Å². The number of carbonyl (C=O) groups is 1. The number of anilines is 2. The van der Waals surface area contributed by atoms with Gasteiger partial charge in [-0.3, -0.25) is 0 Å². The van der Waals surface area contributed by atoms with Crippen LogP contribution in [0.3, 0.4) is 0 Å². The molecule has 3 aromatic rings. The molecule has 0 unspecified atom stereocenters. The Bertz CT molecular complexity index is 882. The number of amides is 1. The van der Waals surface area contributed by atoms with E-state index >= 15 is 0 Å². The molecule has 0 bridgehead atoms. The third-order valence-corrected chi connectivity index (χ3v) is 4.30. The largest absolute Gasteiger partial charge is 0.497 e. The molecule has 4 rings (SSSR count). The Kier molecular flexibility index (Phi) is 4.19. The van der Waals surface area contributed by atoms with Gasteiger partial charge in [0.2, 0.25) is 0 Å². The van der Waals surface area contributed by atoms with E-state index in [1.165, 1.54) is 0 Å². The van der Waals surface area contributed by atoms with E-state index in [4.69, 9.17) is 9.57 Å². The molecule has 1 heterocycles. The molecule has 130 valence electrons. The van der Waals surface area contributed by atoms with Crippen LogP contribution >= 0.6 is 0 Å². The van der Waals surface area contributed by atoms with Crippen LogP contribution in [0, 0.1) is 0 Å². The molecule has 0 saturated carbocycles. The summed E-state index contributed by atoms with van der Waals surface area (Å²) in [5, 5.41) is 1.64. The molecule has 0 N–H and O–H groups in total. The maximum atomic E-state index is 12.7. The van der Waals surface area contributed by atoms with E-state index in [1.54, 1.807) is 17.1 Å². The Hall–Kier alpha value is -3.47. The zero-order valence-electron chi connectivity index (χ0n) is 14.3. The highest BCUT2D eigenvalue weighted by molar-refractivity contribution is 5.92. The first-order chi connectivity index (χ1) is 12.8. The molecule has 1 aliphatic rings. The quantitative estimate of drug-likeness (QED) is 0.682. The van der Waals surface area contributed by atoms with Gasteiger partial charge in [0.15, 0.2) is 6.17 Å². The van der Waals surface area contributed by atoms with Crippen LogP contribution in [0.15, 0.2) is 84.9 Å². The van der Waals surface area contributed by atoms with Gasteiger partial charge in [0.1, 0.15) is 5.75 Å². The molecular formula is C21H18N2O3. The number of methoxy groups -OCH3 is 1. The fourth-order valence-corrected chi connectivity index (χ4v) is 3.05. The van der Waals surface area contributed by atoms with Crippen molar-refractivity contribution < 1.29 is 14.4 Å². The summed E-state index contributed by atoms with van der Waals surface area (Å²) in [6, 6.07) is 26.7. The minimum absolute atomic E-state index is 0.416. The highest BCUT2D eigenvalue weighted by Gasteiger charge is 2.42. The maximum Gasteiger partial charge on any atom is 0.440 e. The highest BCUT2D eigenvalue weighted by atomic mass is 16.7. The summed E-state index contributed by atoms with van der Waals surface area (Å²) in [5.41, 5.74) is 2.50. The standard InChI is InChI=1S/C21H18N2O3/c1-25-19-14-12-16(13-15-19)20-22(17-8-4-2-5-9-17)21(24)26-23(20)18-10-6-3-7-11-18/h2-15,20H,1H3/t20-/m0/s1. The smallest absolute Gasteiger partial charge is 0.440 e. The topological polar surface area (TPSA) is 42.0 Å². The van der Waals surface area contributed by atoms with Crippen molar-refractivity contribution in [2.75, 3.05) is 17.1 Å². The summed E-state index contributed by atoms with van der Waals surface area (Å²) in [6.45, 7) is 0. The van der Waals surface area contributed by atoms with Gasteiger partial charge in [0.05, 0.1) is 12.8 Å². The number of para-hydroxylation sites is 2. The van der Waals surface area contributed by atoms with Crippen molar-refractivity contribution in [2.45, 2.75) is 6.17 Å². The molecule has 0 aromatic heterocycles. The molecule has 5 nitrogen and oxygen atoms in total. The van der Waals surface area contributed by atoms with Crippen molar-refractivity contribution in [1.29, 1.82) is 0 Å². The van der Waals surface area contributed by atoms with E-state index in [0.29, 0.717) is 0 Å². The summed E-state index contributed by atoms with van der Waals surface area (Å²) < 4.78 is 5.25. The van der Waals surface area contributed by atoms with Crippen LogP contribution in [0.5, 0.6) is 5.75 Å². The Balaban J connectivity index is 1.81. The number of hydrogen-bond donors (Lipinski definition) is 0. The van der Waals surface area contributed by atoms with Crippen molar-refractivity contribution in [3.63, 3.8) is 0 Å². The van der Waals surface area contributed by atoms with Gasteiger partial charge >= 0.3 is 6.09 Å². The van der Waals surface area contributed by atoms with Crippen molar-refractivity contribution in [3.8, 4) is 5.75 Å². The van der Waals surface area contributed by atoms with Gasteiger partial charge in [-0.05, 0) is 42.0 Å². The Labute approximate surface area is 151 Å². The molecule has 3 aromatic carbocycles. The van der Waals surface area contributed by atoms with E-state index in [0.717, 1.165) is 22.7 Å². The van der Waals surface area contributed by atoms with Gasteiger partial charge < -0.3 is 9.57 Å². The Morgan fingerprint density at radius 2 is 1.38 bits per heavy atom. The van der Waals surface area contributed by atoms with E-state index in [1.807, 2.05) is 84.9 Å². The molecule has 26 heavy (non-hydrogen) atoms. The molecule has 0 radical (unpaired) electrons. The third kappa shape index (κ3) is 2.84. The van der Waals surface area contributed by atoms with Crippen LogP contribution in [0.2, 0.25) is 0 Å². The van der Waals surface area contributed by atoms with Gasteiger partial charge in [-0.15, -0.1) is 0 Å². The summed E-state index contributed by atoms with van der Waals surface area (Å²) in [4.78, 5) is 20.0. The van der Waals surface area contributed by atoms with Gasteiger partial charge in [-0.2, -0.15) is 5.06 Å². The molecule has 1 saturated heterocycles. The number of ether oxygens (including phenoxy) is 1. The number of hydrogen-bond acceptors (Lipinski definition) is 4. The molecule has 1 atom stereocenters. The fourth-order valence-electron chi connectivity index (χ4n) is 3.05. The van der Waals surface area contributed by atoms with Crippen LogP contribution in [-0.4, -0.2) is 13.2 Å². The van der Waals surface area contributed by atoms with Crippen molar-refractivity contribution >= 4 is 17.5 Å². The average Bonchev–Trinajstić information content (AvgIpc) is 3.06. The van der Waals surface area contributed by atoms with E-state index in [9.17, 15) is 4.79 Å². The number of benzene rings is 3. The second kappa shape index (κ2) is 6.80. The van der Waals surface area contributed by atoms with Crippen molar-refractivity contribution in [1.82, 2.24) is 0 Å². The van der Waals surface area contributed by atoms with Crippen LogP contribution in [0.4, 0.5) is 16.2 Å². The van der Waals surface area contributed by atoms with Crippen LogP contribution in [0.1, 0.15) is 11.7 Å². The second-order valence-corrected chi connectivity index (χ2v) is 5.87.